The molecular weight excluding hydrogens is 407 g/mol. The van der Waals surface area contributed by atoms with Gasteiger partial charge in [-0.2, -0.15) is 0 Å². The summed E-state index contributed by atoms with van der Waals surface area (Å²) in [7, 11) is 0. The molecule has 0 atom stereocenters. The summed E-state index contributed by atoms with van der Waals surface area (Å²) < 4.78 is 0. The van der Waals surface area contributed by atoms with Crippen LogP contribution in [-0.4, -0.2) is 17.5 Å². The van der Waals surface area contributed by atoms with Crippen LogP contribution < -0.4 is 10.6 Å². The highest BCUT2D eigenvalue weighted by atomic mass is 127. The third kappa shape index (κ3) is 6.31. The zero-order valence-corrected chi connectivity index (χ0v) is 16.4. The molecule has 0 aliphatic heterocycles. The molecule has 0 aromatic carbocycles. The standard InChI is InChI=1S/C16H22N4S.HI/c1-4-17-16(19-11-15-9-8-13(3)21-15)18-10-14-7-5-6-12(2)20-14;/h5-9H,4,10-11H2,1-3H3,(H2,17,18,19);1H. The quantitative estimate of drug-likeness (QED) is 0.433. The molecule has 0 fully saturated rings. The van der Waals surface area contributed by atoms with Crippen molar-refractivity contribution in [2.24, 2.45) is 4.99 Å². The van der Waals surface area contributed by atoms with E-state index >= 15 is 0 Å². The Labute approximate surface area is 153 Å². The molecule has 2 rings (SSSR count). The molecule has 4 nitrogen and oxygen atoms in total. The smallest absolute Gasteiger partial charge is 0.191 e. The molecule has 0 saturated heterocycles. The van der Waals surface area contributed by atoms with Crippen LogP contribution >= 0.6 is 35.3 Å². The molecule has 0 saturated carbocycles. The van der Waals surface area contributed by atoms with E-state index in [-0.39, 0.29) is 24.0 Å². The number of aryl methyl sites for hydroxylation is 2. The molecule has 0 radical (unpaired) electrons. The molecule has 120 valence electrons. The lowest BCUT2D eigenvalue weighted by Gasteiger charge is -2.10. The Bertz CT molecular complexity index is 610. The van der Waals surface area contributed by atoms with Gasteiger partial charge < -0.3 is 10.6 Å². The van der Waals surface area contributed by atoms with Gasteiger partial charge in [-0.3, -0.25) is 4.98 Å². The molecule has 0 unspecified atom stereocenters. The number of aromatic nitrogens is 1. The van der Waals surface area contributed by atoms with Gasteiger partial charge in [-0.1, -0.05) is 6.07 Å². The Morgan fingerprint density at radius 1 is 1.18 bits per heavy atom. The summed E-state index contributed by atoms with van der Waals surface area (Å²) in [4.78, 5) is 11.7. The van der Waals surface area contributed by atoms with E-state index in [1.807, 2.05) is 25.1 Å². The molecule has 2 aromatic heterocycles. The summed E-state index contributed by atoms with van der Waals surface area (Å²) in [6.45, 7) is 8.41. The average molecular weight is 430 g/mol. The van der Waals surface area contributed by atoms with Crippen molar-refractivity contribution in [3.63, 3.8) is 0 Å². The maximum atomic E-state index is 4.58. The fraction of sp³-hybridized carbons (Fsp3) is 0.375. The van der Waals surface area contributed by atoms with Crippen molar-refractivity contribution in [2.75, 3.05) is 6.54 Å². The van der Waals surface area contributed by atoms with Gasteiger partial charge in [0.05, 0.1) is 18.8 Å². The van der Waals surface area contributed by atoms with Gasteiger partial charge in [0, 0.05) is 22.0 Å². The second-order valence-electron chi connectivity index (χ2n) is 4.83. The monoisotopic (exact) mass is 430 g/mol. The van der Waals surface area contributed by atoms with Crippen LogP contribution in [0, 0.1) is 13.8 Å². The summed E-state index contributed by atoms with van der Waals surface area (Å²) in [5.74, 6) is 0.826. The number of halogens is 1. The third-order valence-electron chi connectivity index (χ3n) is 2.92. The minimum absolute atomic E-state index is 0. The van der Waals surface area contributed by atoms with Crippen molar-refractivity contribution in [3.8, 4) is 0 Å². The van der Waals surface area contributed by atoms with Gasteiger partial charge in [-0.25, -0.2) is 4.99 Å². The second kappa shape index (κ2) is 9.78. The van der Waals surface area contributed by atoms with E-state index in [0.717, 1.165) is 30.4 Å². The first-order valence-electron chi connectivity index (χ1n) is 7.17. The van der Waals surface area contributed by atoms with E-state index in [2.05, 4.69) is 46.6 Å². The summed E-state index contributed by atoms with van der Waals surface area (Å²) in [5, 5.41) is 6.62. The van der Waals surface area contributed by atoms with E-state index in [0.29, 0.717) is 6.54 Å². The Hall–Kier alpha value is -1.15. The Kier molecular flexibility index (Phi) is 8.40. The number of hydrogen-bond acceptors (Lipinski definition) is 3. The fourth-order valence-electron chi connectivity index (χ4n) is 1.94. The molecule has 0 amide bonds. The minimum atomic E-state index is 0. The van der Waals surface area contributed by atoms with Crippen LogP contribution in [0.1, 0.15) is 28.1 Å². The highest BCUT2D eigenvalue weighted by Crippen LogP contribution is 2.14. The zero-order valence-electron chi connectivity index (χ0n) is 13.2. The molecule has 0 aliphatic rings. The third-order valence-corrected chi connectivity index (χ3v) is 3.92. The van der Waals surface area contributed by atoms with Crippen LogP contribution in [0.5, 0.6) is 0 Å². The Morgan fingerprint density at radius 3 is 2.64 bits per heavy atom. The predicted octanol–water partition coefficient (Wildman–Crippen LogP) is 3.63. The molecule has 0 spiro atoms. The van der Waals surface area contributed by atoms with Gasteiger partial charge >= 0.3 is 0 Å². The fourth-order valence-corrected chi connectivity index (χ4v) is 2.77. The van der Waals surface area contributed by atoms with Crippen molar-refractivity contribution in [1.29, 1.82) is 0 Å². The number of guanidine groups is 1. The maximum Gasteiger partial charge on any atom is 0.191 e. The topological polar surface area (TPSA) is 49.3 Å². The van der Waals surface area contributed by atoms with Crippen LogP contribution in [0.3, 0.4) is 0 Å². The largest absolute Gasteiger partial charge is 0.357 e. The highest BCUT2D eigenvalue weighted by Gasteiger charge is 2.01. The number of nitrogens with one attached hydrogen (secondary N) is 2. The first kappa shape index (κ1) is 18.9. The molecule has 6 heteroatoms. The van der Waals surface area contributed by atoms with E-state index in [1.54, 1.807) is 11.3 Å². The number of rotatable bonds is 5. The predicted molar refractivity (Wildman–Crippen MR) is 105 cm³/mol. The molecule has 2 aromatic rings. The lowest BCUT2D eigenvalue weighted by atomic mass is 10.3. The molecular formula is C16H23IN4S. The summed E-state index contributed by atoms with van der Waals surface area (Å²) in [6, 6.07) is 10.3. The normalized spacial score (nSPS) is 11.0. The van der Waals surface area contributed by atoms with Gasteiger partial charge in [-0.05, 0) is 45.0 Å². The van der Waals surface area contributed by atoms with Gasteiger partial charge in [-0.15, -0.1) is 35.3 Å². The van der Waals surface area contributed by atoms with E-state index in [1.165, 1.54) is 9.75 Å². The van der Waals surface area contributed by atoms with Crippen molar-refractivity contribution in [1.82, 2.24) is 15.6 Å². The van der Waals surface area contributed by atoms with Gasteiger partial charge in [0.25, 0.3) is 0 Å². The van der Waals surface area contributed by atoms with Crippen LogP contribution in [-0.2, 0) is 13.1 Å². The number of pyridine rings is 1. The number of nitrogens with zero attached hydrogens (tertiary/aromatic N) is 2. The van der Waals surface area contributed by atoms with E-state index in [4.69, 9.17) is 0 Å². The van der Waals surface area contributed by atoms with Crippen molar-refractivity contribution in [2.45, 2.75) is 33.9 Å². The molecule has 2 heterocycles. The SMILES string of the molecule is CCNC(=NCc1cccc(C)n1)NCc1ccc(C)s1.I. The van der Waals surface area contributed by atoms with Gasteiger partial charge in [0.15, 0.2) is 5.96 Å². The first-order valence-corrected chi connectivity index (χ1v) is 7.99. The molecule has 0 bridgehead atoms. The first-order chi connectivity index (χ1) is 10.2. The lowest BCUT2D eigenvalue weighted by Crippen LogP contribution is -2.36. The number of hydrogen-bond donors (Lipinski definition) is 2. The molecule has 0 aliphatic carbocycles. The summed E-state index contributed by atoms with van der Waals surface area (Å²) in [6.07, 6.45) is 0. The Morgan fingerprint density at radius 2 is 2.00 bits per heavy atom. The van der Waals surface area contributed by atoms with Gasteiger partial charge in [0.1, 0.15) is 0 Å². The van der Waals surface area contributed by atoms with Crippen LogP contribution in [0.15, 0.2) is 35.3 Å². The van der Waals surface area contributed by atoms with Crippen LogP contribution in [0.25, 0.3) is 0 Å². The molecule has 2 N–H and O–H groups in total. The molecule has 22 heavy (non-hydrogen) atoms. The highest BCUT2D eigenvalue weighted by molar-refractivity contribution is 14.0. The van der Waals surface area contributed by atoms with Gasteiger partial charge in [0.2, 0.25) is 0 Å². The van der Waals surface area contributed by atoms with Crippen LogP contribution in [0.2, 0.25) is 0 Å². The second-order valence-corrected chi connectivity index (χ2v) is 6.20. The minimum Gasteiger partial charge on any atom is -0.357 e. The average Bonchev–Trinajstić information content (AvgIpc) is 2.88. The van der Waals surface area contributed by atoms with E-state index < -0.39 is 0 Å². The Balaban J connectivity index is 0.00000242. The summed E-state index contributed by atoms with van der Waals surface area (Å²) in [5.41, 5.74) is 2.01. The van der Waals surface area contributed by atoms with Crippen LogP contribution in [0.4, 0.5) is 0 Å². The lowest BCUT2D eigenvalue weighted by molar-refractivity contribution is 0.818. The number of thiophene rings is 1. The van der Waals surface area contributed by atoms with Crippen molar-refractivity contribution in [3.05, 3.63) is 51.5 Å². The van der Waals surface area contributed by atoms with E-state index in [9.17, 15) is 0 Å². The summed E-state index contributed by atoms with van der Waals surface area (Å²) >= 11 is 1.81. The van der Waals surface area contributed by atoms with Crippen molar-refractivity contribution < 1.29 is 0 Å². The maximum absolute atomic E-state index is 4.58. The zero-order chi connectivity index (χ0) is 15.1. The van der Waals surface area contributed by atoms with Crippen molar-refractivity contribution >= 4 is 41.3 Å². The number of aliphatic imine (C=N–C) groups is 1.